The number of hydrogen-bond donors (Lipinski definition) is 0. The lowest BCUT2D eigenvalue weighted by Gasteiger charge is -2.05. The van der Waals surface area contributed by atoms with Gasteiger partial charge in [-0.3, -0.25) is 0 Å². The van der Waals surface area contributed by atoms with Crippen molar-refractivity contribution in [3.8, 4) is 11.8 Å². The normalized spacial score (nSPS) is 11.5. The smallest absolute Gasteiger partial charge is 0.151 e. The molecule has 0 saturated heterocycles. The number of rotatable bonds is 5. The topological polar surface area (TPSA) is 50.8 Å². The summed E-state index contributed by atoms with van der Waals surface area (Å²) < 4.78 is 7.53. The maximum atomic E-state index is 9.56. The van der Waals surface area contributed by atoms with Crippen molar-refractivity contribution in [3.63, 3.8) is 0 Å². The predicted octanol–water partition coefficient (Wildman–Crippen LogP) is 4.43. The van der Waals surface area contributed by atoms with Crippen molar-refractivity contribution in [2.24, 2.45) is 7.05 Å². The highest BCUT2D eigenvalue weighted by atomic mass is 16.5. The van der Waals surface area contributed by atoms with Gasteiger partial charge in [0.05, 0.1) is 23.2 Å². The Hall–Kier alpha value is -3.06. The van der Waals surface area contributed by atoms with E-state index in [-0.39, 0.29) is 0 Å². The third kappa shape index (κ3) is 3.16. The van der Waals surface area contributed by atoms with E-state index in [0.29, 0.717) is 18.0 Å². The lowest BCUT2D eigenvalue weighted by Crippen LogP contribution is -1.96. The van der Waals surface area contributed by atoms with Gasteiger partial charge in [-0.1, -0.05) is 31.2 Å². The number of allylic oxidation sites excluding steroid dienone is 1. The predicted molar refractivity (Wildman–Crippen MR) is 96.4 cm³/mol. The minimum atomic E-state index is 0.538. The van der Waals surface area contributed by atoms with Crippen molar-refractivity contribution in [2.75, 3.05) is 6.61 Å². The molecule has 1 aromatic heterocycles. The fraction of sp³-hybridized carbons (Fsp3) is 0.200. The molecule has 0 N–H and O–H groups in total. The van der Waals surface area contributed by atoms with Gasteiger partial charge >= 0.3 is 0 Å². The Kier molecular flexibility index (Phi) is 4.62. The van der Waals surface area contributed by atoms with Crippen molar-refractivity contribution in [1.29, 1.82) is 5.26 Å². The van der Waals surface area contributed by atoms with Gasteiger partial charge in [-0.15, -0.1) is 0 Å². The van der Waals surface area contributed by atoms with Crippen LogP contribution in [0.2, 0.25) is 0 Å². The number of benzene rings is 2. The molecule has 0 bridgehead atoms. The lowest BCUT2D eigenvalue weighted by molar-refractivity contribution is 0.317. The quantitative estimate of drug-likeness (QED) is 0.654. The summed E-state index contributed by atoms with van der Waals surface area (Å²) in [4.78, 5) is 4.59. The first-order valence-corrected chi connectivity index (χ1v) is 7.99. The highest BCUT2D eigenvalue weighted by Gasteiger charge is 2.11. The second kappa shape index (κ2) is 7.01. The van der Waals surface area contributed by atoms with Gasteiger partial charge in [0.2, 0.25) is 0 Å². The van der Waals surface area contributed by atoms with Crippen LogP contribution in [-0.2, 0) is 7.05 Å². The molecule has 0 amide bonds. The summed E-state index contributed by atoms with van der Waals surface area (Å²) in [6, 6.07) is 17.9. The number of para-hydroxylation sites is 2. The van der Waals surface area contributed by atoms with Crippen molar-refractivity contribution >= 4 is 22.7 Å². The molecule has 24 heavy (non-hydrogen) atoms. The maximum absolute atomic E-state index is 9.56. The molecule has 3 aromatic rings. The van der Waals surface area contributed by atoms with Crippen LogP contribution in [0.3, 0.4) is 0 Å². The molecule has 0 unspecified atom stereocenters. The van der Waals surface area contributed by atoms with E-state index in [0.717, 1.165) is 28.8 Å². The monoisotopic (exact) mass is 317 g/mol. The van der Waals surface area contributed by atoms with Crippen LogP contribution in [0, 0.1) is 11.3 Å². The minimum absolute atomic E-state index is 0.538. The second-order valence-electron chi connectivity index (χ2n) is 5.57. The van der Waals surface area contributed by atoms with Crippen molar-refractivity contribution in [1.82, 2.24) is 9.55 Å². The largest absolute Gasteiger partial charge is 0.494 e. The first-order chi connectivity index (χ1) is 11.7. The Morgan fingerprint density at radius 3 is 2.62 bits per heavy atom. The second-order valence-corrected chi connectivity index (χ2v) is 5.57. The average molecular weight is 317 g/mol. The number of imidazole rings is 1. The average Bonchev–Trinajstić information content (AvgIpc) is 2.96. The van der Waals surface area contributed by atoms with E-state index in [1.807, 2.05) is 66.2 Å². The lowest BCUT2D eigenvalue weighted by atomic mass is 10.1. The molecule has 3 rings (SSSR count). The standard InChI is InChI=1S/C20H19N3O/c1-3-12-24-17-10-8-15(9-11-17)13-16(14-21)20-22-18-6-4-5-7-19(18)23(20)2/h4-11,13H,3,12H2,1-2H3/b16-13-. The first kappa shape index (κ1) is 15.8. The molecule has 4 nitrogen and oxygen atoms in total. The van der Waals surface area contributed by atoms with Crippen LogP contribution in [0.4, 0.5) is 0 Å². The highest BCUT2D eigenvalue weighted by Crippen LogP contribution is 2.22. The molecule has 0 aliphatic carbocycles. The van der Waals surface area contributed by atoms with Gasteiger partial charge < -0.3 is 9.30 Å². The summed E-state index contributed by atoms with van der Waals surface area (Å²) in [7, 11) is 1.93. The van der Waals surface area contributed by atoms with Gasteiger partial charge in [-0.05, 0) is 42.3 Å². The Bertz CT molecular complexity index is 914. The summed E-state index contributed by atoms with van der Waals surface area (Å²) in [5.74, 6) is 1.51. The van der Waals surface area contributed by atoms with Crippen LogP contribution in [0.15, 0.2) is 48.5 Å². The molecule has 0 saturated carbocycles. The van der Waals surface area contributed by atoms with E-state index in [2.05, 4.69) is 18.0 Å². The maximum Gasteiger partial charge on any atom is 0.151 e. The van der Waals surface area contributed by atoms with Gasteiger partial charge in [-0.2, -0.15) is 5.26 Å². The Balaban J connectivity index is 1.94. The SMILES string of the molecule is CCCOc1ccc(/C=C(/C#N)c2nc3ccccc3n2C)cc1. The Morgan fingerprint density at radius 2 is 1.96 bits per heavy atom. The number of fused-ring (bicyclic) bond motifs is 1. The fourth-order valence-electron chi connectivity index (χ4n) is 2.58. The summed E-state index contributed by atoms with van der Waals surface area (Å²) in [5, 5.41) is 9.56. The van der Waals surface area contributed by atoms with Crippen LogP contribution in [0.25, 0.3) is 22.7 Å². The van der Waals surface area contributed by atoms with Gasteiger partial charge in [0, 0.05) is 7.05 Å². The molecular weight excluding hydrogens is 298 g/mol. The Labute approximate surface area is 141 Å². The molecule has 0 spiro atoms. The molecular formula is C20H19N3O. The number of nitriles is 1. The fourth-order valence-corrected chi connectivity index (χ4v) is 2.58. The van der Waals surface area contributed by atoms with E-state index in [4.69, 9.17) is 4.74 Å². The number of ether oxygens (including phenoxy) is 1. The highest BCUT2D eigenvalue weighted by molar-refractivity contribution is 5.90. The molecule has 0 fully saturated rings. The molecule has 4 heteroatoms. The van der Waals surface area contributed by atoms with Gasteiger partial charge in [0.15, 0.2) is 5.82 Å². The van der Waals surface area contributed by atoms with E-state index in [1.54, 1.807) is 0 Å². The van der Waals surface area contributed by atoms with Crippen LogP contribution in [0.1, 0.15) is 24.7 Å². The summed E-state index contributed by atoms with van der Waals surface area (Å²) in [5.41, 5.74) is 3.38. The van der Waals surface area contributed by atoms with E-state index < -0.39 is 0 Å². The molecule has 0 atom stereocenters. The minimum Gasteiger partial charge on any atom is -0.494 e. The molecule has 0 aliphatic rings. The van der Waals surface area contributed by atoms with Crippen LogP contribution in [-0.4, -0.2) is 16.2 Å². The van der Waals surface area contributed by atoms with E-state index in [1.165, 1.54) is 0 Å². The number of aryl methyl sites for hydroxylation is 1. The molecule has 1 heterocycles. The molecule has 2 aromatic carbocycles. The van der Waals surface area contributed by atoms with Gasteiger partial charge in [0.25, 0.3) is 0 Å². The summed E-state index contributed by atoms with van der Waals surface area (Å²) in [6.45, 7) is 2.78. The first-order valence-electron chi connectivity index (χ1n) is 7.99. The third-order valence-corrected chi connectivity index (χ3v) is 3.81. The number of aromatic nitrogens is 2. The molecule has 0 aliphatic heterocycles. The zero-order chi connectivity index (χ0) is 16.9. The zero-order valence-corrected chi connectivity index (χ0v) is 13.9. The van der Waals surface area contributed by atoms with Crippen LogP contribution in [0.5, 0.6) is 5.75 Å². The molecule has 0 radical (unpaired) electrons. The van der Waals surface area contributed by atoms with Crippen molar-refractivity contribution in [3.05, 3.63) is 59.9 Å². The van der Waals surface area contributed by atoms with Crippen molar-refractivity contribution < 1.29 is 4.74 Å². The zero-order valence-electron chi connectivity index (χ0n) is 13.9. The summed E-state index contributed by atoms with van der Waals surface area (Å²) >= 11 is 0. The Morgan fingerprint density at radius 1 is 1.21 bits per heavy atom. The number of hydrogen-bond acceptors (Lipinski definition) is 3. The molecule has 120 valence electrons. The third-order valence-electron chi connectivity index (χ3n) is 3.81. The number of nitrogens with zero attached hydrogens (tertiary/aromatic N) is 3. The van der Waals surface area contributed by atoms with Crippen LogP contribution < -0.4 is 4.74 Å². The van der Waals surface area contributed by atoms with E-state index in [9.17, 15) is 5.26 Å². The van der Waals surface area contributed by atoms with E-state index >= 15 is 0 Å². The van der Waals surface area contributed by atoms with Gasteiger partial charge in [-0.25, -0.2) is 4.98 Å². The van der Waals surface area contributed by atoms with Crippen LogP contribution >= 0.6 is 0 Å². The van der Waals surface area contributed by atoms with Crippen molar-refractivity contribution in [2.45, 2.75) is 13.3 Å². The van der Waals surface area contributed by atoms with Gasteiger partial charge in [0.1, 0.15) is 11.8 Å². The summed E-state index contributed by atoms with van der Waals surface area (Å²) in [6.07, 6.45) is 2.83.